The molecule has 6 nitrogen and oxygen atoms in total. The van der Waals surface area contributed by atoms with Crippen molar-refractivity contribution in [1.29, 1.82) is 0 Å². The van der Waals surface area contributed by atoms with E-state index in [0.29, 0.717) is 21.3 Å². The van der Waals surface area contributed by atoms with Gasteiger partial charge in [-0.2, -0.15) is 0 Å². The van der Waals surface area contributed by atoms with Crippen molar-refractivity contribution in [1.82, 2.24) is 10.6 Å². The van der Waals surface area contributed by atoms with Gasteiger partial charge < -0.3 is 4.74 Å². The van der Waals surface area contributed by atoms with E-state index in [2.05, 4.69) is 26.6 Å². The van der Waals surface area contributed by atoms with Gasteiger partial charge in [0.15, 0.2) is 5.11 Å². The Labute approximate surface area is 185 Å². The first-order valence-corrected chi connectivity index (χ1v) is 10.0. The molecule has 148 valence electrons. The fourth-order valence-electron chi connectivity index (χ4n) is 3.02. The number of thiocarbonyl (C=S) groups is 1. The van der Waals surface area contributed by atoms with Crippen LogP contribution in [-0.2, 0) is 9.59 Å². The average Bonchev–Trinajstić information content (AvgIpc) is 2.72. The number of esters is 1. The van der Waals surface area contributed by atoms with E-state index in [0.717, 1.165) is 10.8 Å². The zero-order valence-electron chi connectivity index (χ0n) is 15.3. The van der Waals surface area contributed by atoms with Gasteiger partial charge >= 0.3 is 5.97 Å². The number of rotatable bonds is 3. The Hall–Kier alpha value is -3.36. The Kier molecular flexibility index (Phi) is 5.43. The highest BCUT2D eigenvalue weighted by Gasteiger charge is 2.25. The second-order valence-corrected chi connectivity index (χ2v) is 7.66. The minimum atomic E-state index is -0.577. The van der Waals surface area contributed by atoms with Crippen molar-refractivity contribution < 1.29 is 19.1 Å². The number of carbonyl (C=O) groups excluding carboxylic acids is 3. The van der Waals surface area contributed by atoms with Gasteiger partial charge in [0.2, 0.25) is 0 Å². The number of amides is 2. The van der Waals surface area contributed by atoms with Crippen molar-refractivity contribution in [3.63, 3.8) is 0 Å². The number of hydrogen-bond donors (Lipinski definition) is 2. The molecule has 1 saturated heterocycles. The summed E-state index contributed by atoms with van der Waals surface area (Å²) in [4.78, 5) is 36.7. The van der Waals surface area contributed by atoms with Gasteiger partial charge in [0.1, 0.15) is 11.3 Å². The zero-order chi connectivity index (χ0) is 21.3. The normalized spacial score (nSPS) is 13.6. The second kappa shape index (κ2) is 8.17. The van der Waals surface area contributed by atoms with E-state index >= 15 is 0 Å². The first-order valence-electron chi connectivity index (χ1n) is 8.80. The van der Waals surface area contributed by atoms with E-state index in [9.17, 15) is 14.4 Å². The molecule has 1 fully saturated rings. The van der Waals surface area contributed by atoms with Gasteiger partial charge in [-0.1, -0.05) is 42.5 Å². The van der Waals surface area contributed by atoms with Crippen LogP contribution >= 0.6 is 28.1 Å². The highest BCUT2D eigenvalue weighted by Crippen LogP contribution is 2.29. The minimum Gasteiger partial charge on any atom is -0.422 e. The minimum absolute atomic E-state index is 0.0287. The number of hydrogen-bond acceptors (Lipinski definition) is 5. The van der Waals surface area contributed by atoms with Crippen LogP contribution in [0.3, 0.4) is 0 Å². The molecule has 0 radical (unpaired) electrons. The lowest BCUT2D eigenvalue weighted by Gasteiger charge is -2.16. The van der Waals surface area contributed by atoms with Crippen LogP contribution in [0.1, 0.15) is 15.9 Å². The molecule has 0 saturated carbocycles. The fourth-order valence-corrected chi connectivity index (χ4v) is 3.68. The van der Waals surface area contributed by atoms with Gasteiger partial charge in [0.25, 0.3) is 11.8 Å². The summed E-state index contributed by atoms with van der Waals surface area (Å²) < 4.78 is 6.06. The molecule has 0 atom stereocenters. The van der Waals surface area contributed by atoms with Crippen molar-refractivity contribution in [2.45, 2.75) is 0 Å². The maximum absolute atomic E-state index is 12.7. The summed E-state index contributed by atoms with van der Waals surface area (Å²) in [5.74, 6) is -1.33. The fraction of sp³-hybridized carbons (Fsp3) is 0. The van der Waals surface area contributed by atoms with Gasteiger partial charge in [-0.05, 0) is 68.8 Å². The van der Waals surface area contributed by atoms with Crippen LogP contribution in [0.25, 0.3) is 16.8 Å². The lowest BCUT2D eigenvalue weighted by molar-refractivity contribution is -0.123. The Balaban J connectivity index is 1.59. The summed E-state index contributed by atoms with van der Waals surface area (Å²) in [6.07, 6.45) is 1.42. The van der Waals surface area contributed by atoms with Crippen molar-refractivity contribution in [2.24, 2.45) is 0 Å². The van der Waals surface area contributed by atoms with Crippen LogP contribution in [0.15, 0.2) is 70.7 Å². The summed E-state index contributed by atoms with van der Waals surface area (Å²) in [6, 6.07) is 17.9. The summed E-state index contributed by atoms with van der Waals surface area (Å²) in [5.41, 5.74) is 0.952. The Morgan fingerprint density at radius 3 is 2.40 bits per heavy atom. The maximum atomic E-state index is 12.7. The lowest BCUT2D eigenvalue weighted by Crippen LogP contribution is -2.51. The molecule has 8 heteroatoms. The Bertz CT molecular complexity index is 1240. The third kappa shape index (κ3) is 4.00. The number of halogens is 1. The molecule has 0 spiro atoms. The largest absolute Gasteiger partial charge is 0.422 e. The molecule has 2 N–H and O–H groups in total. The van der Waals surface area contributed by atoms with Crippen LogP contribution < -0.4 is 15.4 Å². The smallest absolute Gasteiger partial charge is 0.344 e. The number of nitrogens with one attached hydrogen (secondary N) is 2. The Morgan fingerprint density at radius 2 is 1.67 bits per heavy atom. The zero-order valence-corrected chi connectivity index (χ0v) is 17.7. The van der Waals surface area contributed by atoms with E-state index in [-0.39, 0.29) is 10.7 Å². The van der Waals surface area contributed by atoms with Gasteiger partial charge in [-0.25, -0.2) is 4.79 Å². The third-order valence-corrected chi connectivity index (χ3v) is 5.25. The van der Waals surface area contributed by atoms with E-state index in [1.54, 1.807) is 30.3 Å². The topological polar surface area (TPSA) is 84.5 Å². The molecule has 0 aliphatic carbocycles. The van der Waals surface area contributed by atoms with Crippen LogP contribution in [0, 0.1) is 0 Å². The third-order valence-electron chi connectivity index (χ3n) is 4.42. The summed E-state index contributed by atoms with van der Waals surface area (Å²) >= 11 is 8.15. The van der Waals surface area contributed by atoms with Crippen LogP contribution in [0.4, 0.5) is 0 Å². The first-order chi connectivity index (χ1) is 14.4. The van der Waals surface area contributed by atoms with Crippen LogP contribution in [0.5, 0.6) is 5.75 Å². The molecular weight excluding hydrogens is 468 g/mol. The van der Waals surface area contributed by atoms with Crippen molar-refractivity contribution in [2.75, 3.05) is 0 Å². The van der Waals surface area contributed by atoms with Gasteiger partial charge in [0, 0.05) is 0 Å². The second-order valence-electron chi connectivity index (χ2n) is 6.40. The SMILES string of the molecule is O=C1NC(=S)NC(=O)C1=Cc1ccc(OC(=O)c2cccc3ccccc23)c(Br)c1. The predicted molar refractivity (Wildman–Crippen MR) is 120 cm³/mol. The van der Waals surface area contributed by atoms with E-state index in [1.807, 2.05) is 30.3 Å². The maximum Gasteiger partial charge on any atom is 0.344 e. The highest BCUT2D eigenvalue weighted by atomic mass is 79.9. The summed E-state index contributed by atoms with van der Waals surface area (Å²) in [5, 5.41) is 6.47. The molecule has 3 aromatic carbocycles. The number of ether oxygens (including phenoxy) is 1. The average molecular weight is 481 g/mol. The molecule has 4 rings (SSSR count). The molecule has 1 heterocycles. The molecule has 2 amide bonds. The van der Waals surface area contributed by atoms with E-state index in [4.69, 9.17) is 17.0 Å². The monoisotopic (exact) mass is 480 g/mol. The predicted octanol–water partition coefficient (Wildman–Crippen LogP) is 3.74. The van der Waals surface area contributed by atoms with E-state index in [1.165, 1.54) is 6.08 Å². The Morgan fingerprint density at radius 1 is 0.967 bits per heavy atom. The summed E-state index contributed by atoms with van der Waals surface area (Å²) in [6.45, 7) is 0. The van der Waals surface area contributed by atoms with Crippen molar-refractivity contribution in [3.05, 3.63) is 81.8 Å². The molecular formula is C22H13BrN2O4S. The van der Waals surface area contributed by atoms with Crippen molar-refractivity contribution in [3.8, 4) is 5.75 Å². The van der Waals surface area contributed by atoms with E-state index < -0.39 is 17.8 Å². The molecule has 30 heavy (non-hydrogen) atoms. The lowest BCUT2D eigenvalue weighted by atomic mass is 10.0. The molecule has 0 aromatic heterocycles. The van der Waals surface area contributed by atoms with Gasteiger partial charge in [-0.3, -0.25) is 20.2 Å². The number of fused-ring (bicyclic) bond motifs is 1. The number of benzene rings is 3. The molecule has 1 aliphatic rings. The van der Waals surface area contributed by atoms with Gasteiger partial charge in [0.05, 0.1) is 10.0 Å². The summed E-state index contributed by atoms with van der Waals surface area (Å²) in [7, 11) is 0. The van der Waals surface area contributed by atoms with Crippen LogP contribution in [0.2, 0.25) is 0 Å². The molecule has 0 bridgehead atoms. The highest BCUT2D eigenvalue weighted by molar-refractivity contribution is 9.10. The van der Waals surface area contributed by atoms with Crippen LogP contribution in [-0.4, -0.2) is 22.9 Å². The molecule has 0 unspecified atom stereocenters. The first kappa shape index (κ1) is 19.9. The molecule has 1 aliphatic heterocycles. The van der Waals surface area contributed by atoms with Gasteiger partial charge in [-0.15, -0.1) is 0 Å². The quantitative estimate of drug-likeness (QED) is 0.196. The molecule has 3 aromatic rings. The van der Waals surface area contributed by atoms with Crippen molar-refractivity contribution >= 4 is 67.9 Å². The standard InChI is InChI=1S/C22H13BrN2O4S/c23-17-11-12(10-16-19(26)24-22(30)25-20(16)27)8-9-18(17)29-21(28)15-7-3-5-13-4-1-2-6-14(13)15/h1-11H,(H2,24,25,26,27,30). The number of carbonyl (C=O) groups is 3.